The normalized spacial score (nSPS) is 10.5. The van der Waals surface area contributed by atoms with Crippen LogP contribution in [0.15, 0.2) is 48.7 Å². The number of nitrogens with one attached hydrogen (secondary N) is 2. The third-order valence-electron chi connectivity index (χ3n) is 4.13. The maximum atomic E-state index is 4.49. The van der Waals surface area contributed by atoms with Gasteiger partial charge in [0.05, 0.1) is 6.20 Å². The van der Waals surface area contributed by atoms with Crippen molar-refractivity contribution >= 4 is 17.5 Å². The minimum Gasteiger partial charge on any atom is -0.365 e. The summed E-state index contributed by atoms with van der Waals surface area (Å²) in [4.78, 5) is 4.49. The molecule has 0 fully saturated rings. The number of nitrogens with zero attached hydrogens (tertiary/aromatic N) is 3. The fourth-order valence-corrected chi connectivity index (χ4v) is 2.44. The van der Waals surface area contributed by atoms with E-state index < -0.39 is 0 Å². The van der Waals surface area contributed by atoms with Crippen LogP contribution in [0.3, 0.4) is 0 Å². The van der Waals surface area contributed by atoms with Gasteiger partial charge < -0.3 is 10.6 Å². The Balaban J connectivity index is 1.72. The van der Waals surface area contributed by atoms with E-state index in [1.165, 1.54) is 22.3 Å². The first-order chi connectivity index (χ1) is 11.6. The van der Waals surface area contributed by atoms with Gasteiger partial charge in [-0.15, -0.1) is 5.10 Å². The fraction of sp³-hybridized carbons (Fsp3) is 0.211. The van der Waals surface area contributed by atoms with Crippen LogP contribution in [0.2, 0.25) is 0 Å². The first kappa shape index (κ1) is 15.9. The number of anilines is 3. The predicted octanol–water partition coefficient (Wildman–Crippen LogP) is 4.15. The van der Waals surface area contributed by atoms with Crippen molar-refractivity contribution < 1.29 is 0 Å². The molecule has 5 heteroatoms. The Labute approximate surface area is 142 Å². The molecule has 0 unspecified atom stereocenters. The number of hydrogen-bond donors (Lipinski definition) is 2. The number of rotatable bonds is 5. The second-order valence-electron chi connectivity index (χ2n) is 5.82. The van der Waals surface area contributed by atoms with Gasteiger partial charge in [-0.25, -0.2) is 0 Å². The summed E-state index contributed by atoms with van der Waals surface area (Å²) < 4.78 is 0. The Bertz CT molecular complexity index is 845. The summed E-state index contributed by atoms with van der Waals surface area (Å²) in [6.07, 6.45) is 1.63. The van der Waals surface area contributed by atoms with Gasteiger partial charge in [0, 0.05) is 12.2 Å². The van der Waals surface area contributed by atoms with Crippen molar-refractivity contribution in [2.45, 2.75) is 27.3 Å². The van der Waals surface area contributed by atoms with Gasteiger partial charge in [0.25, 0.3) is 0 Å². The van der Waals surface area contributed by atoms with Gasteiger partial charge in [-0.05, 0) is 49.1 Å². The Kier molecular flexibility index (Phi) is 4.70. The van der Waals surface area contributed by atoms with E-state index in [9.17, 15) is 0 Å². The molecule has 0 saturated heterocycles. The molecule has 0 amide bonds. The number of aromatic nitrogens is 3. The molecule has 0 aliphatic carbocycles. The zero-order valence-electron chi connectivity index (χ0n) is 14.2. The zero-order chi connectivity index (χ0) is 16.9. The zero-order valence-corrected chi connectivity index (χ0v) is 14.2. The molecule has 2 aromatic carbocycles. The lowest BCUT2D eigenvalue weighted by Crippen LogP contribution is -2.07. The van der Waals surface area contributed by atoms with Crippen LogP contribution in [0, 0.1) is 20.8 Å². The molecule has 0 atom stereocenters. The Hall–Kier alpha value is -2.95. The Morgan fingerprint density at radius 1 is 0.917 bits per heavy atom. The van der Waals surface area contributed by atoms with Crippen molar-refractivity contribution in [3.63, 3.8) is 0 Å². The summed E-state index contributed by atoms with van der Waals surface area (Å²) in [6.45, 7) is 6.96. The lowest BCUT2D eigenvalue weighted by molar-refractivity contribution is 0.963. The molecule has 0 aliphatic rings. The highest BCUT2D eigenvalue weighted by atomic mass is 15.3. The molecule has 0 bridgehead atoms. The molecule has 0 aliphatic heterocycles. The maximum Gasteiger partial charge on any atom is 0.249 e. The summed E-state index contributed by atoms with van der Waals surface area (Å²) >= 11 is 0. The van der Waals surface area contributed by atoms with Crippen LogP contribution in [-0.4, -0.2) is 15.2 Å². The molecule has 24 heavy (non-hydrogen) atoms. The van der Waals surface area contributed by atoms with E-state index >= 15 is 0 Å². The van der Waals surface area contributed by atoms with Crippen molar-refractivity contribution in [1.29, 1.82) is 0 Å². The standard InChI is InChI=1S/C19H21N5/c1-13-8-6-10-17(15(13)3)22-19-23-18(12-21-24-19)20-11-16-9-5-4-7-14(16)2/h4-10,12H,11H2,1-3H3,(H2,20,22,23,24). The van der Waals surface area contributed by atoms with Crippen molar-refractivity contribution in [2.24, 2.45) is 0 Å². The lowest BCUT2D eigenvalue weighted by atomic mass is 10.1. The third kappa shape index (κ3) is 3.68. The molecular weight excluding hydrogens is 298 g/mol. The summed E-state index contributed by atoms with van der Waals surface area (Å²) in [7, 11) is 0. The topological polar surface area (TPSA) is 62.7 Å². The molecule has 2 N–H and O–H groups in total. The highest BCUT2D eigenvalue weighted by Crippen LogP contribution is 2.21. The Morgan fingerprint density at radius 3 is 2.54 bits per heavy atom. The first-order valence-electron chi connectivity index (χ1n) is 7.95. The monoisotopic (exact) mass is 319 g/mol. The molecule has 1 heterocycles. The van der Waals surface area contributed by atoms with Gasteiger partial charge >= 0.3 is 0 Å². The largest absolute Gasteiger partial charge is 0.365 e. The minimum absolute atomic E-state index is 0.485. The molecule has 1 aromatic heterocycles. The van der Waals surface area contributed by atoms with Crippen molar-refractivity contribution in [3.05, 3.63) is 70.9 Å². The van der Waals surface area contributed by atoms with Gasteiger partial charge in [0.15, 0.2) is 5.82 Å². The SMILES string of the molecule is Cc1ccccc1CNc1cnnc(Nc2cccc(C)c2C)n1. The van der Waals surface area contributed by atoms with E-state index in [0.717, 1.165) is 5.69 Å². The quantitative estimate of drug-likeness (QED) is 0.739. The summed E-state index contributed by atoms with van der Waals surface area (Å²) in [5, 5.41) is 14.6. The highest BCUT2D eigenvalue weighted by molar-refractivity contribution is 5.60. The predicted molar refractivity (Wildman–Crippen MR) is 97.5 cm³/mol. The first-order valence-corrected chi connectivity index (χ1v) is 7.95. The molecule has 0 radical (unpaired) electrons. The summed E-state index contributed by atoms with van der Waals surface area (Å²) in [5.74, 6) is 1.18. The van der Waals surface area contributed by atoms with Gasteiger partial charge in [0.2, 0.25) is 5.95 Å². The van der Waals surface area contributed by atoms with Crippen LogP contribution < -0.4 is 10.6 Å². The van der Waals surface area contributed by atoms with Crippen LogP contribution in [0.1, 0.15) is 22.3 Å². The summed E-state index contributed by atoms with van der Waals surface area (Å²) in [5.41, 5.74) is 5.88. The second-order valence-corrected chi connectivity index (χ2v) is 5.82. The van der Waals surface area contributed by atoms with Crippen LogP contribution in [-0.2, 0) is 6.54 Å². The van der Waals surface area contributed by atoms with Crippen molar-refractivity contribution in [1.82, 2.24) is 15.2 Å². The van der Waals surface area contributed by atoms with Crippen LogP contribution in [0.5, 0.6) is 0 Å². The molecule has 0 saturated carbocycles. The van der Waals surface area contributed by atoms with Gasteiger partial charge in [-0.2, -0.15) is 10.1 Å². The molecular formula is C19H21N5. The minimum atomic E-state index is 0.485. The van der Waals surface area contributed by atoms with E-state index in [2.05, 4.69) is 64.8 Å². The molecule has 3 aromatic rings. The maximum absolute atomic E-state index is 4.49. The molecule has 0 spiro atoms. The van der Waals surface area contributed by atoms with E-state index in [4.69, 9.17) is 0 Å². The van der Waals surface area contributed by atoms with E-state index in [0.29, 0.717) is 18.3 Å². The van der Waals surface area contributed by atoms with Gasteiger partial charge in [-0.3, -0.25) is 0 Å². The second kappa shape index (κ2) is 7.08. The van der Waals surface area contributed by atoms with Crippen LogP contribution >= 0.6 is 0 Å². The van der Waals surface area contributed by atoms with E-state index in [1.807, 2.05) is 24.3 Å². The van der Waals surface area contributed by atoms with E-state index in [-0.39, 0.29) is 0 Å². The number of benzene rings is 2. The van der Waals surface area contributed by atoms with Gasteiger partial charge in [-0.1, -0.05) is 36.4 Å². The lowest BCUT2D eigenvalue weighted by Gasteiger charge is -2.11. The molecule has 5 nitrogen and oxygen atoms in total. The van der Waals surface area contributed by atoms with E-state index in [1.54, 1.807) is 6.20 Å². The van der Waals surface area contributed by atoms with Crippen molar-refractivity contribution in [2.75, 3.05) is 10.6 Å². The number of aryl methyl sites for hydroxylation is 2. The smallest absolute Gasteiger partial charge is 0.249 e. The Morgan fingerprint density at radius 2 is 1.71 bits per heavy atom. The fourth-order valence-electron chi connectivity index (χ4n) is 2.44. The van der Waals surface area contributed by atoms with Gasteiger partial charge in [0.1, 0.15) is 0 Å². The van der Waals surface area contributed by atoms with Crippen LogP contribution in [0.4, 0.5) is 17.5 Å². The molecule has 3 rings (SSSR count). The van der Waals surface area contributed by atoms with Crippen molar-refractivity contribution in [3.8, 4) is 0 Å². The van der Waals surface area contributed by atoms with Crippen LogP contribution in [0.25, 0.3) is 0 Å². The average Bonchev–Trinajstić information content (AvgIpc) is 2.59. The highest BCUT2D eigenvalue weighted by Gasteiger charge is 2.05. The molecule has 122 valence electrons. The third-order valence-corrected chi connectivity index (χ3v) is 4.13. The summed E-state index contributed by atoms with van der Waals surface area (Å²) in [6, 6.07) is 14.4. The average molecular weight is 319 g/mol. The number of hydrogen-bond acceptors (Lipinski definition) is 5.